The Morgan fingerprint density at radius 3 is 2.26 bits per heavy atom. The van der Waals surface area contributed by atoms with E-state index >= 15 is 0 Å². The van der Waals surface area contributed by atoms with Crippen molar-refractivity contribution < 1.29 is 0 Å². The highest BCUT2D eigenvalue weighted by atomic mass is 127. The fraction of sp³-hybridized carbons (Fsp3) is 0.450. The Hall–Kier alpha value is -1.90. The van der Waals surface area contributed by atoms with Gasteiger partial charge in [0.05, 0.1) is 0 Å². The third kappa shape index (κ3) is 5.54. The van der Waals surface area contributed by atoms with Gasteiger partial charge in [0, 0.05) is 57.6 Å². The molecule has 1 aromatic heterocycles. The van der Waals surface area contributed by atoms with Crippen LogP contribution in [0.2, 0.25) is 0 Å². The predicted octanol–water partition coefficient (Wildman–Crippen LogP) is 2.77. The van der Waals surface area contributed by atoms with Crippen LogP contribution in [0.1, 0.15) is 19.4 Å². The van der Waals surface area contributed by atoms with Crippen molar-refractivity contribution in [3.8, 4) is 0 Å². The van der Waals surface area contributed by atoms with Crippen LogP contribution in [0.25, 0.3) is 0 Å². The van der Waals surface area contributed by atoms with Crippen molar-refractivity contribution >= 4 is 35.9 Å². The van der Waals surface area contributed by atoms with E-state index in [1.54, 1.807) is 12.4 Å². The highest BCUT2D eigenvalue weighted by Gasteiger charge is 2.24. The average molecular weight is 480 g/mol. The van der Waals surface area contributed by atoms with E-state index in [4.69, 9.17) is 0 Å². The number of anilines is 1. The van der Waals surface area contributed by atoms with Crippen molar-refractivity contribution in [3.05, 3.63) is 54.4 Å². The standard InChI is InChI=1S/C20H28N6.HI/c1-20(2,17-8-5-4-6-9-17)16-24-18(21-3)25-12-14-26(15-13-25)19-22-10-7-11-23-19;/h4-11H,12-16H2,1-3H3,(H,21,24);1H. The zero-order valence-corrected chi connectivity index (χ0v) is 18.6. The maximum Gasteiger partial charge on any atom is 0.225 e. The first kappa shape index (κ1) is 21.4. The van der Waals surface area contributed by atoms with Gasteiger partial charge >= 0.3 is 0 Å². The van der Waals surface area contributed by atoms with E-state index in [-0.39, 0.29) is 29.4 Å². The molecule has 0 saturated carbocycles. The molecule has 1 aliphatic rings. The van der Waals surface area contributed by atoms with E-state index in [2.05, 4.69) is 74.3 Å². The number of aliphatic imine (C=N–C) groups is 1. The van der Waals surface area contributed by atoms with Gasteiger partial charge in [0.1, 0.15) is 0 Å². The lowest BCUT2D eigenvalue weighted by atomic mass is 9.85. The number of nitrogens with one attached hydrogen (secondary N) is 1. The van der Waals surface area contributed by atoms with E-state index in [1.807, 2.05) is 13.1 Å². The van der Waals surface area contributed by atoms with Gasteiger partial charge in [0.15, 0.2) is 5.96 Å². The van der Waals surface area contributed by atoms with Crippen molar-refractivity contribution in [2.45, 2.75) is 19.3 Å². The van der Waals surface area contributed by atoms with Crippen molar-refractivity contribution in [2.75, 3.05) is 44.7 Å². The summed E-state index contributed by atoms with van der Waals surface area (Å²) in [6.07, 6.45) is 3.59. The number of guanidine groups is 1. The molecule has 2 heterocycles. The summed E-state index contributed by atoms with van der Waals surface area (Å²) in [5.74, 6) is 1.77. The lowest BCUT2D eigenvalue weighted by Crippen LogP contribution is -2.54. The normalized spacial score (nSPS) is 15.3. The Bertz CT molecular complexity index is 712. The molecular formula is C20H29IN6. The molecule has 0 bridgehead atoms. The van der Waals surface area contributed by atoms with Crippen LogP contribution in [0.4, 0.5) is 5.95 Å². The summed E-state index contributed by atoms with van der Waals surface area (Å²) in [4.78, 5) is 17.7. The van der Waals surface area contributed by atoms with Crippen LogP contribution >= 0.6 is 24.0 Å². The molecule has 146 valence electrons. The molecule has 0 radical (unpaired) electrons. The Labute approximate surface area is 179 Å². The summed E-state index contributed by atoms with van der Waals surface area (Å²) in [5, 5.41) is 3.56. The van der Waals surface area contributed by atoms with Gasteiger partial charge in [-0.05, 0) is 11.6 Å². The molecule has 1 aliphatic heterocycles. The Balaban J connectivity index is 0.00000261. The minimum atomic E-state index is 0. The second-order valence-corrected chi connectivity index (χ2v) is 7.17. The second kappa shape index (κ2) is 9.87. The minimum Gasteiger partial charge on any atom is -0.355 e. The number of halogens is 1. The Morgan fingerprint density at radius 2 is 1.67 bits per heavy atom. The van der Waals surface area contributed by atoms with Crippen LogP contribution in [-0.2, 0) is 5.41 Å². The molecule has 6 nitrogen and oxygen atoms in total. The molecule has 1 N–H and O–H groups in total. The maximum atomic E-state index is 4.49. The van der Waals surface area contributed by atoms with Crippen LogP contribution in [0, 0.1) is 0 Å². The molecule has 0 spiro atoms. The summed E-state index contributed by atoms with van der Waals surface area (Å²) in [5.41, 5.74) is 1.37. The molecule has 0 aliphatic carbocycles. The Kier molecular flexibility index (Phi) is 7.82. The van der Waals surface area contributed by atoms with Gasteiger partial charge in [0.2, 0.25) is 5.95 Å². The van der Waals surface area contributed by atoms with Gasteiger partial charge in [-0.3, -0.25) is 4.99 Å². The molecule has 3 rings (SSSR count). The molecule has 0 unspecified atom stereocenters. The minimum absolute atomic E-state index is 0. The molecule has 27 heavy (non-hydrogen) atoms. The molecule has 1 saturated heterocycles. The van der Waals surface area contributed by atoms with Crippen molar-refractivity contribution in [2.24, 2.45) is 4.99 Å². The number of hydrogen-bond acceptors (Lipinski definition) is 4. The zero-order valence-electron chi connectivity index (χ0n) is 16.3. The highest BCUT2D eigenvalue weighted by Crippen LogP contribution is 2.21. The summed E-state index contributed by atoms with van der Waals surface area (Å²) >= 11 is 0. The van der Waals surface area contributed by atoms with Gasteiger partial charge < -0.3 is 15.1 Å². The lowest BCUT2D eigenvalue weighted by molar-refractivity contribution is 0.364. The van der Waals surface area contributed by atoms with Crippen LogP contribution in [0.3, 0.4) is 0 Å². The van der Waals surface area contributed by atoms with Gasteiger partial charge in [-0.1, -0.05) is 44.2 Å². The summed E-state index contributed by atoms with van der Waals surface area (Å²) in [6, 6.07) is 12.5. The van der Waals surface area contributed by atoms with Crippen LogP contribution in [0.5, 0.6) is 0 Å². The number of aromatic nitrogens is 2. The molecule has 1 fully saturated rings. The van der Waals surface area contributed by atoms with E-state index in [0.717, 1.165) is 44.6 Å². The molecule has 7 heteroatoms. The summed E-state index contributed by atoms with van der Waals surface area (Å²) in [6.45, 7) is 8.96. The monoisotopic (exact) mass is 480 g/mol. The van der Waals surface area contributed by atoms with E-state index in [9.17, 15) is 0 Å². The smallest absolute Gasteiger partial charge is 0.225 e. The summed E-state index contributed by atoms with van der Waals surface area (Å²) < 4.78 is 0. The quantitative estimate of drug-likeness (QED) is 0.415. The number of benzene rings is 1. The fourth-order valence-corrected chi connectivity index (χ4v) is 3.20. The van der Waals surface area contributed by atoms with Crippen molar-refractivity contribution in [3.63, 3.8) is 0 Å². The van der Waals surface area contributed by atoms with Crippen molar-refractivity contribution in [1.82, 2.24) is 20.2 Å². The van der Waals surface area contributed by atoms with E-state index in [0.29, 0.717) is 0 Å². The molecule has 2 aromatic rings. The SMILES string of the molecule is CN=C(NCC(C)(C)c1ccccc1)N1CCN(c2ncccn2)CC1.I. The number of piperazine rings is 1. The van der Waals surface area contributed by atoms with Gasteiger partial charge in [-0.25, -0.2) is 9.97 Å². The average Bonchev–Trinajstić information content (AvgIpc) is 2.70. The first-order valence-electron chi connectivity index (χ1n) is 9.13. The predicted molar refractivity (Wildman–Crippen MR) is 122 cm³/mol. The van der Waals surface area contributed by atoms with Crippen molar-refractivity contribution in [1.29, 1.82) is 0 Å². The third-order valence-corrected chi connectivity index (χ3v) is 4.87. The van der Waals surface area contributed by atoms with Crippen LogP contribution in [-0.4, -0.2) is 60.6 Å². The number of rotatable bonds is 4. The highest BCUT2D eigenvalue weighted by molar-refractivity contribution is 14.0. The number of nitrogens with zero attached hydrogens (tertiary/aromatic N) is 5. The van der Waals surface area contributed by atoms with Gasteiger partial charge in [-0.2, -0.15) is 0 Å². The molecule has 0 atom stereocenters. The maximum absolute atomic E-state index is 4.49. The largest absolute Gasteiger partial charge is 0.355 e. The lowest BCUT2D eigenvalue weighted by Gasteiger charge is -2.37. The van der Waals surface area contributed by atoms with Gasteiger partial charge in [0.25, 0.3) is 0 Å². The molecule has 1 aromatic carbocycles. The Morgan fingerprint density at radius 1 is 1.04 bits per heavy atom. The van der Waals surface area contributed by atoms with E-state index in [1.165, 1.54) is 5.56 Å². The third-order valence-electron chi connectivity index (χ3n) is 4.87. The first-order valence-corrected chi connectivity index (χ1v) is 9.13. The molecule has 0 amide bonds. The zero-order chi connectivity index (χ0) is 18.4. The van der Waals surface area contributed by atoms with Gasteiger partial charge in [-0.15, -0.1) is 24.0 Å². The number of hydrogen-bond donors (Lipinski definition) is 1. The van der Waals surface area contributed by atoms with Crippen LogP contribution in [0.15, 0.2) is 53.8 Å². The second-order valence-electron chi connectivity index (χ2n) is 7.17. The topological polar surface area (TPSA) is 56.7 Å². The van der Waals surface area contributed by atoms with Crippen LogP contribution < -0.4 is 10.2 Å². The molecular weight excluding hydrogens is 451 g/mol. The summed E-state index contributed by atoms with van der Waals surface area (Å²) in [7, 11) is 1.85. The fourth-order valence-electron chi connectivity index (χ4n) is 3.20. The van der Waals surface area contributed by atoms with E-state index < -0.39 is 0 Å². The first-order chi connectivity index (χ1) is 12.6.